The zero-order chi connectivity index (χ0) is 12.2. The Labute approximate surface area is 94.8 Å². The van der Waals surface area contributed by atoms with Crippen LogP contribution in [0.1, 0.15) is 32.6 Å². The molecule has 1 fully saturated rings. The molecule has 0 aliphatic heterocycles. The van der Waals surface area contributed by atoms with Gasteiger partial charge in [0, 0.05) is 12.6 Å². The molecule has 0 heterocycles. The van der Waals surface area contributed by atoms with Gasteiger partial charge in [-0.25, -0.2) is 0 Å². The smallest absolute Gasteiger partial charge is 0.329 e. The van der Waals surface area contributed by atoms with Crippen molar-refractivity contribution in [2.75, 3.05) is 13.1 Å². The van der Waals surface area contributed by atoms with Crippen LogP contribution in [0.2, 0.25) is 0 Å². The van der Waals surface area contributed by atoms with Gasteiger partial charge in [0.15, 0.2) is 0 Å². The van der Waals surface area contributed by atoms with E-state index in [0.717, 1.165) is 25.7 Å². The predicted molar refractivity (Wildman–Crippen MR) is 58.0 cm³/mol. The summed E-state index contributed by atoms with van der Waals surface area (Å²) in [6.45, 7) is 1.55. The highest BCUT2D eigenvalue weighted by Crippen LogP contribution is 2.30. The summed E-state index contributed by atoms with van der Waals surface area (Å²) in [6, 6.07) is -0.186. The minimum Gasteiger partial charge on any atom is -0.329 e. The molecular weight excluding hydrogens is 217 g/mol. The van der Waals surface area contributed by atoms with Crippen LogP contribution in [0.25, 0.3) is 0 Å². The van der Waals surface area contributed by atoms with E-state index in [2.05, 4.69) is 12.2 Å². The molecular formula is C11H21F3N2. The first-order valence-corrected chi connectivity index (χ1v) is 5.92. The van der Waals surface area contributed by atoms with Crippen LogP contribution >= 0.6 is 0 Å². The summed E-state index contributed by atoms with van der Waals surface area (Å²) in [5, 5.41) is 2.54. The molecule has 0 aromatic heterocycles. The highest BCUT2D eigenvalue weighted by atomic mass is 19.4. The normalized spacial score (nSPS) is 29.1. The van der Waals surface area contributed by atoms with E-state index in [1.807, 2.05) is 0 Å². The highest BCUT2D eigenvalue weighted by Gasteiger charge is 2.31. The standard InChI is InChI=1S/C11H21F3N2/c1-8-2-4-9(5-3-8)10(6-15)16-7-11(12,13)14/h8-10,16H,2-7,15H2,1H3. The molecule has 0 aromatic rings. The third-order valence-corrected chi connectivity index (χ3v) is 3.45. The fourth-order valence-electron chi connectivity index (χ4n) is 2.38. The Bertz CT molecular complexity index is 198. The van der Waals surface area contributed by atoms with Crippen molar-refractivity contribution in [1.29, 1.82) is 0 Å². The average Bonchev–Trinajstić information content (AvgIpc) is 2.20. The fraction of sp³-hybridized carbons (Fsp3) is 1.00. The maximum Gasteiger partial charge on any atom is 0.401 e. The predicted octanol–water partition coefficient (Wildman–Crippen LogP) is 2.29. The molecule has 0 saturated heterocycles. The Kier molecular flexibility index (Phi) is 5.05. The van der Waals surface area contributed by atoms with Crippen molar-refractivity contribution in [1.82, 2.24) is 5.32 Å². The molecule has 16 heavy (non-hydrogen) atoms. The summed E-state index contributed by atoms with van der Waals surface area (Å²) in [4.78, 5) is 0. The van der Waals surface area contributed by atoms with Crippen LogP contribution in [-0.2, 0) is 0 Å². The van der Waals surface area contributed by atoms with Crippen molar-refractivity contribution in [2.45, 2.75) is 44.8 Å². The van der Waals surface area contributed by atoms with Crippen LogP contribution in [0.5, 0.6) is 0 Å². The molecule has 3 N–H and O–H groups in total. The summed E-state index contributed by atoms with van der Waals surface area (Å²) < 4.78 is 36.2. The second-order valence-electron chi connectivity index (χ2n) is 4.86. The van der Waals surface area contributed by atoms with Crippen LogP contribution in [-0.4, -0.2) is 25.3 Å². The molecule has 5 heteroatoms. The van der Waals surface area contributed by atoms with Gasteiger partial charge in [0.2, 0.25) is 0 Å². The molecule has 1 saturated carbocycles. The monoisotopic (exact) mass is 238 g/mol. The Morgan fingerprint density at radius 3 is 2.25 bits per heavy atom. The summed E-state index contributed by atoms with van der Waals surface area (Å²) in [5.41, 5.74) is 5.54. The first-order valence-electron chi connectivity index (χ1n) is 5.92. The second-order valence-corrected chi connectivity index (χ2v) is 4.86. The molecule has 1 atom stereocenters. The second kappa shape index (κ2) is 5.87. The maximum atomic E-state index is 12.1. The summed E-state index contributed by atoms with van der Waals surface area (Å²) >= 11 is 0. The van der Waals surface area contributed by atoms with Crippen LogP contribution < -0.4 is 11.1 Å². The number of halogens is 3. The van der Waals surface area contributed by atoms with Gasteiger partial charge < -0.3 is 11.1 Å². The molecule has 2 nitrogen and oxygen atoms in total. The molecule has 0 bridgehead atoms. The van der Waals surface area contributed by atoms with Crippen molar-refractivity contribution in [3.05, 3.63) is 0 Å². The topological polar surface area (TPSA) is 38.0 Å². The Morgan fingerprint density at radius 1 is 1.25 bits per heavy atom. The number of rotatable bonds is 4. The van der Waals surface area contributed by atoms with Gasteiger partial charge in [-0.3, -0.25) is 0 Å². The SMILES string of the molecule is CC1CCC(C(CN)NCC(F)(F)F)CC1. The lowest BCUT2D eigenvalue weighted by Crippen LogP contribution is -2.46. The number of nitrogens with one attached hydrogen (secondary N) is 1. The number of hydrogen-bond acceptors (Lipinski definition) is 2. The largest absolute Gasteiger partial charge is 0.401 e. The molecule has 0 amide bonds. The summed E-state index contributed by atoms with van der Waals surface area (Å²) in [6.07, 6.45) is 0.0564. The van der Waals surface area contributed by atoms with E-state index in [9.17, 15) is 13.2 Å². The minimum atomic E-state index is -4.14. The molecule has 0 radical (unpaired) electrons. The van der Waals surface area contributed by atoms with Gasteiger partial charge in [-0.2, -0.15) is 13.2 Å². The molecule has 1 rings (SSSR count). The van der Waals surface area contributed by atoms with Gasteiger partial charge in [-0.15, -0.1) is 0 Å². The average molecular weight is 238 g/mol. The number of alkyl halides is 3. The van der Waals surface area contributed by atoms with Gasteiger partial charge in [-0.05, 0) is 24.7 Å². The third kappa shape index (κ3) is 4.70. The van der Waals surface area contributed by atoms with Gasteiger partial charge in [0.05, 0.1) is 6.54 Å². The molecule has 1 unspecified atom stereocenters. The van der Waals surface area contributed by atoms with Crippen LogP contribution in [0.3, 0.4) is 0 Å². The van der Waals surface area contributed by atoms with Crippen molar-refractivity contribution in [2.24, 2.45) is 17.6 Å². The van der Waals surface area contributed by atoms with Crippen molar-refractivity contribution in [3.63, 3.8) is 0 Å². The van der Waals surface area contributed by atoms with Crippen molar-refractivity contribution >= 4 is 0 Å². The Hall–Kier alpha value is -0.290. The lowest BCUT2D eigenvalue weighted by Gasteiger charge is -2.32. The Balaban J connectivity index is 2.36. The molecule has 1 aliphatic rings. The maximum absolute atomic E-state index is 12.1. The fourth-order valence-corrected chi connectivity index (χ4v) is 2.38. The summed E-state index contributed by atoms with van der Waals surface area (Å²) in [5.74, 6) is 1.01. The van der Waals surface area contributed by atoms with E-state index in [0.29, 0.717) is 11.8 Å². The minimum absolute atomic E-state index is 0.186. The van der Waals surface area contributed by atoms with E-state index in [-0.39, 0.29) is 12.6 Å². The van der Waals surface area contributed by atoms with E-state index in [1.54, 1.807) is 0 Å². The van der Waals surface area contributed by atoms with Gasteiger partial charge in [0.25, 0.3) is 0 Å². The Morgan fingerprint density at radius 2 is 1.81 bits per heavy atom. The molecule has 1 aliphatic carbocycles. The third-order valence-electron chi connectivity index (χ3n) is 3.45. The van der Waals surface area contributed by atoms with E-state index < -0.39 is 12.7 Å². The van der Waals surface area contributed by atoms with E-state index >= 15 is 0 Å². The zero-order valence-corrected chi connectivity index (χ0v) is 9.69. The van der Waals surface area contributed by atoms with E-state index in [1.165, 1.54) is 0 Å². The zero-order valence-electron chi connectivity index (χ0n) is 9.69. The summed E-state index contributed by atoms with van der Waals surface area (Å²) in [7, 11) is 0. The van der Waals surface area contributed by atoms with Crippen molar-refractivity contribution < 1.29 is 13.2 Å². The first kappa shape index (κ1) is 13.8. The van der Waals surface area contributed by atoms with E-state index in [4.69, 9.17) is 5.73 Å². The van der Waals surface area contributed by atoms with Crippen molar-refractivity contribution in [3.8, 4) is 0 Å². The molecule has 96 valence electrons. The van der Waals surface area contributed by atoms with Crippen LogP contribution in [0.15, 0.2) is 0 Å². The first-order chi connectivity index (χ1) is 7.42. The lowest BCUT2D eigenvalue weighted by atomic mass is 9.79. The molecule has 0 spiro atoms. The number of nitrogens with two attached hydrogens (primary N) is 1. The quantitative estimate of drug-likeness (QED) is 0.788. The van der Waals surface area contributed by atoms with Gasteiger partial charge in [-0.1, -0.05) is 19.8 Å². The molecule has 0 aromatic carbocycles. The highest BCUT2D eigenvalue weighted by molar-refractivity contribution is 4.82. The van der Waals surface area contributed by atoms with Gasteiger partial charge >= 0.3 is 6.18 Å². The van der Waals surface area contributed by atoms with Gasteiger partial charge in [0.1, 0.15) is 0 Å². The number of hydrogen-bond donors (Lipinski definition) is 2. The van der Waals surface area contributed by atoms with Crippen LogP contribution in [0, 0.1) is 11.8 Å². The lowest BCUT2D eigenvalue weighted by molar-refractivity contribution is -0.127. The van der Waals surface area contributed by atoms with Crippen LogP contribution in [0.4, 0.5) is 13.2 Å².